The molecule has 4 heterocycles. The van der Waals surface area contributed by atoms with Gasteiger partial charge in [-0.15, -0.1) is 0 Å². The van der Waals surface area contributed by atoms with Crippen molar-refractivity contribution < 1.29 is 24.0 Å². The zero-order valence-corrected chi connectivity index (χ0v) is 20.3. The molecule has 9 nitrogen and oxygen atoms in total. The van der Waals surface area contributed by atoms with Crippen LogP contribution in [-0.2, 0) is 22.6 Å². The van der Waals surface area contributed by atoms with E-state index >= 15 is 0 Å². The number of para-hydroxylation sites is 1. The Bertz CT molecular complexity index is 1230. The summed E-state index contributed by atoms with van der Waals surface area (Å²) in [5.41, 5.74) is 0.369. The molecule has 2 bridgehead atoms. The van der Waals surface area contributed by atoms with Gasteiger partial charge in [0, 0.05) is 50.7 Å². The third-order valence-electron chi connectivity index (χ3n) is 7.91. The van der Waals surface area contributed by atoms with E-state index in [-0.39, 0.29) is 30.4 Å². The molecule has 1 unspecified atom stereocenters. The molecule has 0 saturated carbocycles. The zero-order valence-electron chi connectivity index (χ0n) is 20.3. The number of nitrogens with zero attached hydrogens (tertiary/aromatic N) is 3. The number of fused-ring (bicyclic) bond motifs is 4. The van der Waals surface area contributed by atoms with Crippen LogP contribution in [0.15, 0.2) is 47.3 Å². The summed E-state index contributed by atoms with van der Waals surface area (Å²) < 4.78 is 7.39. The van der Waals surface area contributed by atoms with Crippen LogP contribution in [0.5, 0.6) is 5.75 Å². The highest BCUT2D eigenvalue weighted by Gasteiger charge is 2.58. The molecule has 5 rings (SSSR count). The van der Waals surface area contributed by atoms with Crippen molar-refractivity contribution in [2.75, 3.05) is 40.8 Å². The molecule has 0 spiro atoms. The first-order valence-electron chi connectivity index (χ1n) is 12.0. The van der Waals surface area contributed by atoms with Gasteiger partial charge in [0.2, 0.25) is 0 Å². The highest BCUT2D eigenvalue weighted by atomic mass is 16.5. The number of likely N-dealkylation sites (tertiary alicyclic amines) is 1. The lowest BCUT2D eigenvalue weighted by Gasteiger charge is -2.46. The maximum Gasteiger partial charge on any atom is 0.332 e. The van der Waals surface area contributed by atoms with Crippen LogP contribution < -0.4 is 15.2 Å². The number of amides is 4. The maximum atomic E-state index is 13.7. The molecule has 4 amide bonds. The minimum atomic E-state index is -1.43. The number of imide groups is 2. The quantitative estimate of drug-likeness (QED) is 0.616. The van der Waals surface area contributed by atoms with Crippen LogP contribution in [0.1, 0.15) is 23.6 Å². The minimum absolute atomic E-state index is 0.0210. The average Bonchev–Trinajstić information content (AvgIpc) is 2.86. The molecule has 3 aliphatic rings. The topological polar surface area (TPSA) is 93.4 Å². The van der Waals surface area contributed by atoms with Crippen molar-refractivity contribution >= 4 is 17.8 Å². The standard InChI is InChI=1S/C26H30N4O5/c1-27-23(32)26(24(33)28(2)25(27)34,12-18-7-4-5-9-21(18)35-3)16-29-13-17-11-19(15-29)20-8-6-10-22(31)30(20)14-17/h4-10,17,19H,11-16H2,1-3H3/p+1/t17-,19-/m1/s1. The van der Waals surface area contributed by atoms with Gasteiger partial charge in [0.1, 0.15) is 12.3 Å². The van der Waals surface area contributed by atoms with E-state index in [0.717, 1.165) is 45.5 Å². The summed E-state index contributed by atoms with van der Waals surface area (Å²) in [6, 6.07) is 12.2. The molecule has 0 aliphatic carbocycles. The number of urea groups is 1. The number of rotatable bonds is 5. The van der Waals surface area contributed by atoms with Gasteiger partial charge in [0.05, 0.1) is 20.2 Å². The number of carbonyl (C=O) groups is 3. The third-order valence-corrected chi connectivity index (χ3v) is 7.91. The Morgan fingerprint density at radius 2 is 1.69 bits per heavy atom. The normalized spacial score (nSPS) is 25.5. The van der Waals surface area contributed by atoms with E-state index in [1.165, 1.54) is 14.1 Å². The summed E-state index contributed by atoms with van der Waals surface area (Å²) in [6.45, 7) is 2.39. The summed E-state index contributed by atoms with van der Waals surface area (Å²) in [6.07, 6.45) is 1.14. The number of hydrogen-bond acceptors (Lipinski definition) is 5. The molecule has 1 aromatic carbocycles. The molecular formula is C26H31N4O5+. The Kier molecular flexibility index (Phi) is 5.75. The molecule has 3 atom stereocenters. The second kappa shape index (κ2) is 8.64. The van der Waals surface area contributed by atoms with Gasteiger partial charge in [-0.25, -0.2) is 4.79 Å². The van der Waals surface area contributed by atoms with E-state index in [0.29, 0.717) is 12.3 Å². The lowest BCUT2D eigenvalue weighted by molar-refractivity contribution is -0.915. The van der Waals surface area contributed by atoms with Gasteiger partial charge in [-0.05, 0) is 24.1 Å². The first-order chi connectivity index (χ1) is 16.7. The predicted molar refractivity (Wildman–Crippen MR) is 127 cm³/mol. The van der Waals surface area contributed by atoms with Crippen molar-refractivity contribution in [3.63, 3.8) is 0 Å². The average molecular weight is 480 g/mol. The fraction of sp³-hybridized carbons (Fsp3) is 0.462. The molecule has 3 aliphatic heterocycles. The lowest BCUT2D eigenvalue weighted by atomic mass is 9.75. The number of quaternary nitrogens is 1. The molecule has 1 N–H and O–H groups in total. The number of pyridine rings is 1. The van der Waals surface area contributed by atoms with E-state index in [2.05, 4.69) is 0 Å². The van der Waals surface area contributed by atoms with Crippen LogP contribution >= 0.6 is 0 Å². The monoisotopic (exact) mass is 479 g/mol. The largest absolute Gasteiger partial charge is 0.496 e. The summed E-state index contributed by atoms with van der Waals surface area (Å²) >= 11 is 0. The Hall–Kier alpha value is -3.46. The summed E-state index contributed by atoms with van der Waals surface area (Å²) in [4.78, 5) is 55.7. The van der Waals surface area contributed by atoms with Crippen LogP contribution in [-0.4, -0.2) is 73.1 Å². The van der Waals surface area contributed by atoms with E-state index in [4.69, 9.17) is 4.74 Å². The van der Waals surface area contributed by atoms with Gasteiger partial charge >= 0.3 is 6.03 Å². The van der Waals surface area contributed by atoms with Crippen LogP contribution in [0.3, 0.4) is 0 Å². The van der Waals surface area contributed by atoms with Gasteiger partial charge in [0.15, 0.2) is 5.41 Å². The lowest BCUT2D eigenvalue weighted by Crippen LogP contribution is -3.16. The number of barbiturate groups is 1. The number of nitrogens with one attached hydrogen (secondary N) is 1. The van der Waals surface area contributed by atoms with Crippen LogP contribution in [0.4, 0.5) is 4.79 Å². The zero-order chi connectivity index (χ0) is 24.9. The molecule has 184 valence electrons. The minimum Gasteiger partial charge on any atom is -0.496 e. The van der Waals surface area contributed by atoms with E-state index < -0.39 is 23.3 Å². The highest BCUT2D eigenvalue weighted by molar-refractivity contribution is 6.19. The van der Waals surface area contributed by atoms with Crippen LogP contribution in [0.25, 0.3) is 0 Å². The molecular weight excluding hydrogens is 448 g/mol. The predicted octanol–water partition coefficient (Wildman–Crippen LogP) is 0.138. The van der Waals surface area contributed by atoms with Gasteiger partial charge in [-0.2, -0.15) is 0 Å². The Labute approximate surface area is 203 Å². The van der Waals surface area contributed by atoms with Gasteiger partial charge in [-0.1, -0.05) is 24.3 Å². The van der Waals surface area contributed by atoms with Gasteiger partial charge < -0.3 is 14.2 Å². The van der Waals surface area contributed by atoms with Crippen LogP contribution in [0.2, 0.25) is 0 Å². The Morgan fingerprint density at radius 1 is 0.971 bits per heavy atom. The van der Waals surface area contributed by atoms with Crippen molar-refractivity contribution in [1.29, 1.82) is 0 Å². The number of carbonyl (C=O) groups excluding carboxylic acids is 3. The number of aromatic nitrogens is 1. The molecule has 1 aromatic heterocycles. The number of benzene rings is 1. The fourth-order valence-electron chi connectivity index (χ4n) is 6.36. The van der Waals surface area contributed by atoms with Crippen molar-refractivity contribution in [2.24, 2.45) is 11.3 Å². The number of methoxy groups -OCH3 is 1. The first-order valence-corrected chi connectivity index (χ1v) is 12.0. The summed E-state index contributed by atoms with van der Waals surface area (Å²) in [7, 11) is 4.44. The number of hydrogen-bond donors (Lipinski definition) is 1. The molecule has 35 heavy (non-hydrogen) atoms. The maximum absolute atomic E-state index is 13.7. The molecule has 0 radical (unpaired) electrons. The van der Waals surface area contributed by atoms with Gasteiger partial charge in [-0.3, -0.25) is 24.2 Å². The molecule has 2 fully saturated rings. The Morgan fingerprint density at radius 3 is 2.40 bits per heavy atom. The SMILES string of the molecule is COc1ccccc1CC1(C[NH+]2C[C@H]3C[C@H](C2)c2cccc(=O)n2C3)C(=O)N(C)C(=O)N(C)C1=O. The first kappa shape index (κ1) is 23.3. The second-order valence-corrected chi connectivity index (χ2v) is 10.1. The second-order valence-electron chi connectivity index (χ2n) is 10.1. The van der Waals surface area contributed by atoms with E-state index in [1.54, 1.807) is 19.2 Å². The molecule has 2 aromatic rings. The Balaban J connectivity index is 1.52. The smallest absolute Gasteiger partial charge is 0.332 e. The third kappa shape index (κ3) is 3.74. The number of piperidine rings is 1. The van der Waals surface area contributed by atoms with E-state index in [9.17, 15) is 19.2 Å². The highest BCUT2D eigenvalue weighted by Crippen LogP contribution is 2.35. The van der Waals surface area contributed by atoms with Crippen molar-refractivity contribution in [2.45, 2.75) is 25.3 Å². The van der Waals surface area contributed by atoms with E-state index in [1.807, 2.05) is 34.9 Å². The summed E-state index contributed by atoms with van der Waals surface area (Å²) in [5, 5.41) is 0. The number of ether oxygens (including phenoxy) is 1. The van der Waals surface area contributed by atoms with Gasteiger partial charge in [0.25, 0.3) is 17.4 Å². The fourth-order valence-corrected chi connectivity index (χ4v) is 6.36. The molecule has 9 heteroatoms. The van der Waals surface area contributed by atoms with Crippen molar-refractivity contribution in [3.05, 3.63) is 64.1 Å². The molecule has 2 saturated heterocycles. The van der Waals surface area contributed by atoms with Crippen molar-refractivity contribution in [1.82, 2.24) is 14.4 Å². The summed E-state index contributed by atoms with van der Waals surface area (Å²) in [5.74, 6) is 0.118. The van der Waals surface area contributed by atoms with Crippen molar-refractivity contribution in [3.8, 4) is 5.75 Å². The van der Waals surface area contributed by atoms with Crippen LogP contribution in [0, 0.1) is 11.3 Å².